The van der Waals surface area contributed by atoms with E-state index in [4.69, 9.17) is 16.3 Å². The van der Waals surface area contributed by atoms with E-state index in [-0.39, 0.29) is 10.6 Å². The minimum absolute atomic E-state index is 0.0320. The molecule has 20 heavy (non-hydrogen) atoms. The summed E-state index contributed by atoms with van der Waals surface area (Å²) in [6.07, 6.45) is 3.21. The zero-order valence-corrected chi connectivity index (χ0v) is 11.2. The molecule has 6 heteroatoms. The van der Waals surface area contributed by atoms with Crippen LogP contribution in [-0.4, -0.2) is 9.55 Å². The summed E-state index contributed by atoms with van der Waals surface area (Å²) in [7, 11) is 1.62. The molecule has 0 radical (unpaired) electrons. The fourth-order valence-corrected chi connectivity index (χ4v) is 2.10. The molecular weight excluding hydrogens is 283 g/mol. The highest BCUT2D eigenvalue weighted by Crippen LogP contribution is 2.29. The number of benzene rings is 1. The molecule has 0 aliphatic heterocycles. The van der Waals surface area contributed by atoms with Crippen molar-refractivity contribution in [1.29, 1.82) is 0 Å². The van der Waals surface area contributed by atoms with Gasteiger partial charge in [-0.3, -0.25) is 4.79 Å². The van der Waals surface area contributed by atoms with Gasteiger partial charge in [0, 0.05) is 24.7 Å². The number of nitrogens with zero attached hydrogens (tertiary/aromatic N) is 1. The molecule has 0 fully saturated rings. The maximum absolute atomic E-state index is 13.4. The average Bonchev–Trinajstić information content (AvgIpc) is 2.90. The van der Waals surface area contributed by atoms with Gasteiger partial charge in [-0.25, -0.2) is 4.39 Å². The van der Waals surface area contributed by atoms with Gasteiger partial charge in [-0.2, -0.15) is 0 Å². The molecule has 0 atom stereocenters. The molecule has 0 unspecified atom stereocenters. The number of hydrogen-bond donors (Lipinski definition) is 1. The molecule has 2 heterocycles. The van der Waals surface area contributed by atoms with Gasteiger partial charge in [0.05, 0.1) is 11.2 Å². The first-order chi connectivity index (χ1) is 9.56. The first-order valence-corrected chi connectivity index (χ1v) is 6.23. The Morgan fingerprint density at radius 1 is 1.35 bits per heavy atom. The molecule has 0 spiro atoms. The van der Waals surface area contributed by atoms with Gasteiger partial charge >= 0.3 is 0 Å². The highest BCUT2D eigenvalue weighted by Gasteiger charge is 2.11. The van der Waals surface area contributed by atoms with Crippen molar-refractivity contribution in [2.45, 2.75) is 0 Å². The van der Waals surface area contributed by atoms with Crippen LogP contribution in [0.15, 0.2) is 41.5 Å². The van der Waals surface area contributed by atoms with Gasteiger partial charge in [-0.1, -0.05) is 11.6 Å². The Labute approximate surface area is 118 Å². The van der Waals surface area contributed by atoms with Gasteiger partial charge in [0.2, 0.25) is 0 Å². The molecule has 1 N–H and O–H groups in total. The molecule has 3 rings (SSSR count). The van der Waals surface area contributed by atoms with Crippen molar-refractivity contribution in [3.05, 3.63) is 57.9 Å². The lowest BCUT2D eigenvalue weighted by Gasteiger charge is -2.09. The fraction of sp³-hybridized carbons (Fsp3) is 0.0714. The number of ether oxygens (including phenoxy) is 1. The van der Waals surface area contributed by atoms with E-state index in [9.17, 15) is 9.18 Å². The van der Waals surface area contributed by atoms with Crippen molar-refractivity contribution in [2.24, 2.45) is 7.05 Å². The normalized spacial score (nSPS) is 10.9. The molecule has 3 aromatic rings. The third-order valence-corrected chi connectivity index (χ3v) is 3.28. The molecule has 1 aromatic carbocycles. The van der Waals surface area contributed by atoms with E-state index >= 15 is 0 Å². The molecule has 0 aliphatic carbocycles. The molecule has 0 saturated heterocycles. The van der Waals surface area contributed by atoms with Crippen LogP contribution in [0.3, 0.4) is 0 Å². The molecule has 0 amide bonds. The van der Waals surface area contributed by atoms with Crippen LogP contribution in [0.2, 0.25) is 5.02 Å². The van der Waals surface area contributed by atoms with Crippen molar-refractivity contribution in [2.75, 3.05) is 0 Å². The van der Waals surface area contributed by atoms with Gasteiger partial charge in [-0.05, 0) is 18.2 Å². The van der Waals surface area contributed by atoms with Gasteiger partial charge in [0.1, 0.15) is 17.1 Å². The Hall–Kier alpha value is -2.27. The van der Waals surface area contributed by atoms with Crippen LogP contribution in [0.4, 0.5) is 4.39 Å². The summed E-state index contributed by atoms with van der Waals surface area (Å²) >= 11 is 5.63. The predicted molar refractivity (Wildman–Crippen MR) is 75.0 cm³/mol. The number of hydrogen-bond acceptors (Lipinski definition) is 2. The number of fused-ring (bicyclic) bond motifs is 1. The van der Waals surface area contributed by atoms with E-state index < -0.39 is 5.82 Å². The lowest BCUT2D eigenvalue weighted by Crippen LogP contribution is -2.16. The second-order valence-electron chi connectivity index (χ2n) is 4.35. The van der Waals surface area contributed by atoms with E-state index in [1.807, 2.05) is 0 Å². The summed E-state index contributed by atoms with van der Waals surface area (Å²) in [4.78, 5) is 14.8. The Kier molecular flexibility index (Phi) is 2.99. The number of pyridine rings is 1. The van der Waals surface area contributed by atoms with Gasteiger partial charge in [0.25, 0.3) is 5.56 Å². The van der Waals surface area contributed by atoms with Crippen molar-refractivity contribution in [3.8, 4) is 11.5 Å². The van der Waals surface area contributed by atoms with Crippen molar-refractivity contribution in [3.63, 3.8) is 0 Å². The molecular formula is C14H10ClFN2O2. The maximum Gasteiger partial charge on any atom is 0.274 e. The van der Waals surface area contributed by atoms with E-state index in [1.165, 1.54) is 16.7 Å². The van der Waals surface area contributed by atoms with Crippen LogP contribution in [-0.2, 0) is 7.05 Å². The largest absolute Gasteiger partial charge is 0.455 e. The number of aromatic amines is 1. The predicted octanol–water partition coefficient (Wildman–Crippen LogP) is 3.45. The Morgan fingerprint density at radius 3 is 2.90 bits per heavy atom. The number of aryl methyl sites for hydroxylation is 1. The number of aromatic nitrogens is 2. The summed E-state index contributed by atoms with van der Waals surface area (Å²) in [6.45, 7) is 0. The van der Waals surface area contributed by atoms with E-state index in [0.29, 0.717) is 22.4 Å². The quantitative estimate of drug-likeness (QED) is 0.786. The molecule has 2 aromatic heterocycles. The SMILES string of the molecule is Cn1cc(Oc2ccc(Cl)c(F)c2)c2cc[nH]c2c1=O. The van der Waals surface area contributed by atoms with Crippen molar-refractivity contribution in [1.82, 2.24) is 9.55 Å². The molecule has 0 bridgehead atoms. The Morgan fingerprint density at radius 2 is 2.15 bits per heavy atom. The molecule has 102 valence electrons. The van der Waals surface area contributed by atoms with Gasteiger partial charge in [-0.15, -0.1) is 0 Å². The highest BCUT2D eigenvalue weighted by atomic mass is 35.5. The summed E-state index contributed by atoms with van der Waals surface area (Å²) in [5.74, 6) is 0.220. The van der Waals surface area contributed by atoms with Crippen molar-refractivity contribution >= 4 is 22.5 Å². The van der Waals surface area contributed by atoms with Gasteiger partial charge in [0.15, 0.2) is 5.75 Å². The second kappa shape index (κ2) is 4.68. The monoisotopic (exact) mass is 292 g/mol. The minimum atomic E-state index is -0.556. The summed E-state index contributed by atoms with van der Waals surface area (Å²) < 4.78 is 20.5. The van der Waals surface area contributed by atoms with Crippen LogP contribution in [0.1, 0.15) is 0 Å². The lowest BCUT2D eigenvalue weighted by molar-refractivity contribution is 0.476. The number of halogens is 2. The summed E-state index contributed by atoms with van der Waals surface area (Å²) in [5, 5.41) is 0.674. The Bertz CT molecular complexity index is 854. The van der Waals surface area contributed by atoms with Crippen LogP contribution in [0.25, 0.3) is 10.9 Å². The Balaban J connectivity index is 2.11. The smallest absolute Gasteiger partial charge is 0.274 e. The fourth-order valence-electron chi connectivity index (χ4n) is 1.98. The topological polar surface area (TPSA) is 47.0 Å². The van der Waals surface area contributed by atoms with Crippen LogP contribution < -0.4 is 10.3 Å². The lowest BCUT2D eigenvalue weighted by atomic mass is 10.3. The average molecular weight is 293 g/mol. The molecule has 0 aliphatic rings. The van der Waals surface area contributed by atoms with E-state index in [1.54, 1.807) is 31.6 Å². The highest BCUT2D eigenvalue weighted by molar-refractivity contribution is 6.30. The number of nitrogens with one attached hydrogen (secondary N) is 1. The number of H-pyrrole nitrogens is 1. The molecule has 0 saturated carbocycles. The van der Waals surface area contributed by atoms with Crippen LogP contribution in [0, 0.1) is 5.82 Å². The standard InChI is InChI=1S/C14H10ClFN2O2/c1-18-7-12(9-4-5-17-13(9)14(18)19)20-8-2-3-10(15)11(16)6-8/h2-7,17H,1H3. The summed E-state index contributed by atoms with van der Waals surface area (Å²) in [5.41, 5.74) is 0.291. The van der Waals surface area contributed by atoms with Crippen molar-refractivity contribution < 1.29 is 9.13 Å². The first kappa shape index (κ1) is 12.7. The second-order valence-corrected chi connectivity index (χ2v) is 4.76. The third kappa shape index (κ3) is 2.06. The number of rotatable bonds is 2. The zero-order chi connectivity index (χ0) is 14.3. The van der Waals surface area contributed by atoms with Gasteiger partial charge < -0.3 is 14.3 Å². The third-order valence-electron chi connectivity index (χ3n) is 2.98. The first-order valence-electron chi connectivity index (χ1n) is 5.86. The van der Waals surface area contributed by atoms with Crippen LogP contribution in [0.5, 0.6) is 11.5 Å². The maximum atomic E-state index is 13.4. The summed E-state index contributed by atoms with van der Waals surface area (Å²) in [6, 6.07) is 5.92. The molecule has 4 nitrogen and oxygen atoms in total. The van der Waals surface area contributed by atoms with E-state index in [2.05, 4.69) is 4.98 Å². The van der Waals surface area contributed by atoms with Crippen LogP contribution >= 0.6 is 11.6 Å². The van der Waals surface area contributed by atoms with E-state index in [0.717, 1.165) is 0 Å². The zero-order valence-electron chi connectivity index (χ0n) is 10.5. The minimum Gasteiger partial charge on any atom is -0.455 e.